The SMILES string of the molecule is Cc1[nH]c2ccccc2c1/C=N/NC(=O)CCC(=O)c1ccccc1. The first kappa shape index (κ1) is 16.6. The summed E-state index contributed by atoms with van der Waals surface area (Å²) in [5.74, 6) is -0.328. The Labute approximate surface area is 145 Å². The first-order chi connectivity index (χ1) is 12.1. The Bertz CT molecular complexity index is 927. The van der Waals surface area contributed by atoms with Gasteiger partial charge in [0.15, 0.2) is 5.78 Å². The van der Waals surface area contributed by atoms with Crippen LogP contribution >= 0.6 is 0 Å². The Morgan fingerprint density at radius 3 is 2.56 bits per heavy atom. The molecule has 5 nitrogen and oxygen atoms in total. The zero-order valence-electron chi connectivity index (χ0n) is 14.0. The highest BCUT2D eigenvalue weighted by molar-refractivity contribution is 6.01. The first-order valence-electron chi connectivity index (χ1n) is 8.12. The maximum atomic E-state index is 12.0. The summed E-state index contributed by atoms with van der Waals surface area (Å²) in [6, 6.07) is 16.9. The van der Waals surface area contributed by atoms with Gasteiger partial charge < -0.3 is 4.98 Å². The fraction of sp³-hybridized carbons (Fsp3) is 0.150. The van der Waals surface area contributed by atoms with E-state index in [9.17, 15) is 9.59 Å². The average Bonchev–Trinajstić information content (AvgIpc) is 2.96. The summed E-state index contributed by atoms with van der Waals surface area (Å²) in [6.07, 6.45) is 1.90. The number of Topliss-reactive ketones (excluding diaryl/α,β-unsaturated/α-hetero) is 1. The van der Waals surface area contributed by atoms with E-state index in [1.165, 1.54) is 0 Å². The van der Waals surface area contributed by atoms with E-state index in [1.54, 1.807) is 30.5 Å². The summed E-state index contributed by atoms with van der Waals surface area (Å²) in [6.45, 7) is 1.96. The molecule has 3 rings (SSSR count). The number of aromatic amines is 1. The standard InChI is InChI=1S/C20H19N3O2/c1-14-17(16-9-5-6-10-18(16)22-14)13-21-23-20(25)12-11-19(24)15-7-3-2-4-8-15/h2-10,13,22H,11-12H2,1H3,(H,23,25)/b21-13+. The Balaban J connectivity index is 1.56. The zero-order chi connectivity index (χ0) is 17.6. The number of nitrogens with one attached hydrogen (secondary N) is 2. The summed E-state index contributed by atoms with van der Waals surface area (Å²) in [7, 11) is 0. The molecule has 0 aliphatic rings. The van der Waals surface area contributed by atoms with Gasteiger partial charge in [-0.1, -0.05) is 48.5 Å². The van der Waals surface area contributed by atoms with E-state index >= 15 is 0 Å². The summed E-state index contributed by atoms with van der Waals surface area (Å²) in [5.41, 5.74) is 6.06. The van der Waals surface area contributed by atoms with Gasteiger partial charge in [0, 0.05) is 40.6 Å². The number of aromatic nitrogens is 1. The molecule has 0 atom stereocenters. The number of nitrogens with zero attached hydrogens (tertiary/aromatic N) is 1. The number of para-hydroxylation sites is 1. The van der Waals surface area contributed by atoms with Gasteiger partial charge in [0.1, 0.15) is 0 Å². The van der Waals surface area contributed by atoms with Crippen LogP contribution in [-0.4, -0.2) is 22.9 Å². The van der Waals surface area contributed by atoms with Gasteiger partial charge in [-0.15, -0.1) is 0 Å². The molecular formula is C20H19N3O2. The molecule has 0 spiro atoms. The highest BCUT2D eigenvalue weighted by atomic mass is 16.2. The molecule has 0 unspecified atom stereocenters. The lowest BCUT2D eigenvalue weighted by molar-refractivity contribution is -0.121. The van der Waals surface area contributed by atoms with Gasteiger partial charge in [-0.2, -0.15) is 5.10 Å². The molecule has 1 aromatic heterocycles. The fourth-order valence-corrected chi connectivity index (χ4v) is 2.68. The molecule has 25 heavy (non-hydrogen) atoms. The second-order valence-electron chi connectivity index (χ2n) is 5.79. The molecule has 0 aliphatic heterocycles. The molecule has 2 aromatic carbocycles. The van der Waals surface area contributed by atoms with Gasteiger partial charge in [-0.05, 0) is 13.0 Å². The summed E-state index contributed by atoms with van der Waals surface area (Å²) in [4.78, 5) is 27.1. The number of carbonyl (C=O) groups is 2. The Hall–Kier alpha value is -3.21. The van der Waals surface area contributed by atoms with Crippen LogP contribution in [0.15, 0.2) is 59.7 Å². The third-order valence-electron chi connectivity index (χ3n) is 4.00. The molecule has 126 valence electrons. The van der Waals surface area contributed by atoms with Gasteiger partial charge in [0.2, 0.25) is 5.91 Å². The number of benzene rings is 2. The summed E-state index contributed by atoms with van der Waals surface area (Å²) in [5, 5.41) is 5.07. The normalized spacial score (nSPS) is 11.1. The van der Waals surface area contributed by atoms with Crippen LogP contribution in [0.4, 0.5) is 0 Å². The topological polar surface area (TPSA) is 74.3 Å². The Morgan fingerprint density at radius 1 is 1.04 bits per heavy atom. The minimum Gasteiger partial charge on any atom is -0.358 e. The first-order valence-corrected chi connectivity index (χ1v) is 8.12. The molecule has 5 heteroatoms. The van der Waals surface area contributed by atoms with Crippen LogP contribution in [-0.2, 0) is 4.79 Å². The third-order valence-corrected chi connectivity index (χ3v) is 4.00. The second kappa shape index (κ2) is 7.57. The van der Waals surface area contributed by atoms with Crippen molar-refractivity contribution in [2.45, 2.75) is 19.8 Å². The van der Waals surface area contributed by atoms with E-state index in [1.807, 2.05) is 37.3 Å². The van der Waals surface area contributed by atoms with Gasteiger partial charge >= 0.3 is 0 Å². The molecular weight excluding hydrogens is 314 g/mol. The minimum absolute atomic E-state index is 0.0489. The van der Waals surface area contributed by atoms with Gasteiger partial charge in [0.05, 0.1) is 6.21 Å². The van der Waals surface area contributed by atoms with E-state index in [4.69, 9.17) is 0 Å². The molecule has 3 aromatic rings. The van der Waals surface area contributed by atoms with Crippen LogP contribution in [0.2, 0.25) is 0 Å². The fourth-order valence-electron chi connectivity index (χ4n) is 2.68. The monoisotopic (exact) mass is 333 g/mol. The molecule has 0 aliphatic carbocycles. The number of ketones is 1. The molecule has 0 fully saturated rings. The van der Waals surface area contributed by atoms with E-state index in [-0.39, 0.29) is 24.5 Å². The van der Waals surface area contributed by atoms with Crippen molar-refractivity contribution in [1.82, 2.24) is 10.4 Å². The molecule has 0 radical (unpaired) electrons. The van der Waals surface area contributed by atoms with Gasteiger partial charge in [-0.25, -0.2) is 5.43 Å². The molecule has 1 heterocycles. The van der Waals surface area contributed by atoms with E-state index in [0.717, 1.165) is 22.2 Å². The number of hydrogen-bond donors (Lipinski definition) is 2. The number of hydrogen-bond acceptors (Lipinski definition) is 3. The highest BCUT2D eigenvalue weighted by Gasteiger charge is 2.09. The molecule has 0 saturated heterocycles. The van der Waals surface area contributed by atoms with Crippen LogP contribution < -0.4 is 5.43 Å². The number of H-pyrrole nitrogens is 1. The van der Waals surface area contributed by atoms with Gasteiger partial charge in [0.25, 0.3) is 0 Å². The number of fused-ring (bicyclic) bond motifs is 1. The van der Waals surface area contributed by atoms with Crippen LogP contribution in [0, 0.1) is 6.92 Å². The van der Waals surface area contributed by atoms with Crippen molar-refractivity contribution in [3.05, 3.63) is 71.4 Å². The maximum absolute atomic E-state index is 12.0. The predicted molar refractivity (Wildman–Crippen MR) is 98.8 cm³/mol. The predicted octanol–water partition coefficient (Wildman–Crippen LogP) is 3.59. The quantitative estimate of drug-likeness (QED) is 0.411. The number of aryl methyl sites for hydroxylation is 1. The number of rotatable bonds is 6. The zero-order valence-corrected chi connectivity index (χ0v) is 14.0. The van der Waals surface area contributed by atoms with Crippen LogP contribution in [0.3, 0.4) is 0 Å². The van der Waals surface area contributed by atoms with Crippen molar-refractivity contribution in [2.24, 2.45) is 5.10 Å². The second-order valence-corrected chi connectivity index (χ2v) is 5.79. The van der Waals surface area contributed by atoms with E-state index in [0.29, 0.717) is 5.56 Å². The minimum atomic E-state index is -0.280. The largest absolute Gasteiger partial charge is 0.358 e. The smallest absolute Gasteiger partial charge is 0.240 e. The van der Waals surface area contributed by atoms with Crippen molar-refractivity contribution >= 4 is 28.8 Å². The maximum Gasteiger partial charge on any atom is 0.240 e. The molecule has 2 N–H and O–H groups in total. The molecule has 1 amide bonds. The summed E-state index contributed by atoms with van der Waals surface area (Å²) < 4.78 is 0. The summed E-state index contributed by atoms with van der Waals surface area (Å²) >= 11 is 0. The van der Waals surface area contributed by atoms with E-state index in [2.05, 4.69) is 15.5 Å². The Kier molecular flexibility index (Phi) is 5.04. The third kappa shape index (κ3) is 4.01. The van der Waals surface area contributed by atoms with Crippen LogP contribution in [0.5, 0.6) is 0 Å². The number of carbonyl (C=O) groups excluding carboxylic acids is 2. The van der Waals surface area contributed by atoms with Crippen molar-refractivity contribution in [1.29, 1.82) is 0 Å². The van der Waals surface area contributed by atoms with Gasteiger partial charge in [-0.3, -0.25) is 9.59 Å². The number of amides is 1. The van der Waals surface area contributed by atoms with Crippen molar-refractivity contribution in [3.8, 4) is 0 Å². The highest BCUT2D eigenvalue weighted by Crippen LogP contribution is 2.19. The number of hydrazone groups is 1. The molecule has 0 saturated carbocycles. The lowest BCUT2D eigenvalue weighted by Gasteiger charge is -2.01. The van der Waals surface area contributed by atoms with Crippen molar-refractivity contribution < 1.29 is 9.59 Å². The van der Waals surface area contributed by atoms with Crippen LogP contribution in [0.25, 0.3) is 10.9 Å². The van der Waals surface area contributed by atoms with E-state index < -0.39 is 0 Å². The van der Waals surface area contributed by atoms with Crippen LogP contribution in [0.1, 0.15) is 34.5 Å². The average molecular weight is 333 g/mol. The Morgan fingerprint density at radius 2 is 1.76 bits per heavy atom. The molecule has 0 bridgehead atoms. The van der Waals surface area contributed by atoms with Crippen molar-refractivity contribution in [2.75, 3.05) is 0 Å². The lowest BCUT2D eigenvalue weighted by atomic mass is 10.1. The lowest BCUT2D eigenvalue weighted by Crippen LogP contribution is -2.18. The van der Waals surface area contributed by atoms with Crippen molar-refractivity contribution in [3.63, 3.8) is 0 Å².